The van der Waals surface area contributed by atoms with E-state index in [9.17, 15) is 9.59 Å². The van der Waals surface area contributed by atoms with Crippen molar-refractivity contribution in [2.24, 2.45) is 11.7 Å². The number of amides is 2. The summed E-state index contributed by atoms with van der Waals surface area (Å²) in [6.45, 7) is 5.23. The molecule has 1 atom stereocenters. The molecule has 202 valence electrons. The van der Waals surface area contributed by atoms with Gasteiger partial charge in [0.25, 0.3) is 5.91 Å². The number of aromatic amines is 1. The van der Waals surface area contributed by atoms with Gasteiger partial charge < -0.3 is 25.1 Å². The quantitative estimate of drug-likeness (QED) is 0.308. The van der Waals surface area contributed by atoms with Gasteiger partial charge in [-0.3, -0.25) is 9.59 Å². The van der Waals surface area contributed by atoms with E-state index in [-0.39, 0.29) is 17.7 Å². The third-order valence-electron chi connectivity index (χ3n) is 7.28. The Morgan fingerprint density at radius 2 is 1.79 bits per heavy atom. The summed E-state index contributed by atoms with van der Waals surface area (Å²) in [5.74, 6) is 1.56. The number of fused-ring (bicyclic) bond motifs is 1. The van der Waals surface area contributed by atoms with Crippen LogP contribution in [0.4, 0.5) is 0 Å². The van der Waals surface area contributed by atoms with E-state index in [0.29, 0.717) is 41.7 Å². The molecule has 2 aromatic heterocycles. The fourth-order valence-electron chi connectivity index (χ4n) is 5.26. The van der Waals surface area contributed by atoms with Gasteiger partial charge in [0.05, 0.1) is 24.9 Å². The number of rotatable bonds is 8. The van der Waals surface area contributed by atoms with Gasteiger partial charge in [0.2, 0.25) is 5.91 Å². The van der Waals surface area contributed by atoms with Gasteiger partial charge in [0.1, 0.15) is 11.4 Å². The number of carbonyl (C=O) groups excluding carboxylic acids is 2. The molecule has 0 spiro atoms. The lowest BCUT2D eigenvalue weighted by molar-refractivity contribution is -0.134. The van der Waals surface area contributed by atoms with Crippen molar-refractivity contribution in [1.82, 2.24) is 19.5 Å². The average molecular weight is 528 g/mol. The Morgan fingerprint density at radius 3 is 2.44 bits per heavy atom. The molecule has 3 heterocycles. The first-order valence-electron chi connectivity index (χ1n) is 13.1. The molecule has 1 fully saturated rings. The Morgan fingerprint density at radius 1 is 1.10 bits per heavy atom. The van der Waals surface area contributed by atoms with Crippen molar-refractivity contribution in [3.63, 3.8) is 0 Å². The highest BCUT2D eigenvalue weighted by atomic mass is 16.5. The number of ether oxygens (including phenoxy) is 2. The van der Waals surface area contributed by atoms with Crippen LogP contribution >= 0.6 is 0 Å². The zero-order chi connectivity index (χ0) is 27.5. The summed E-state index contributed by atoms with van der Waals surface area (Å²) in [6, 6.07) is 14.8. The van der Waals surface area contributed by atoms with Gasteiger partial charge >= 0.3 is 0 Å². The third-order valence-corrected chi connectivity index (χ3v) is 7.28. The van der Waals surface area contributed by atoms with E-state index >= 15 is 0 Å². The monoisotopic (exact) mass is 527 g/mol. The lowest BCUT2D eigenvalue weighted by Gasteiger charge is -2.32. The molecule has 0 aliphatic carbocycles. The van der Waals surface area contributed by atoms with Crippen molar-refractivity contribution in [2.75, 3.05) is 20.2 Å². The van der Waals surface area contributed by atoms with E-state index in [1.807, 2.05) is 79.4 Å². The van der Waals surface area contributed by atoms with Crippen LogP contribution in [0.3, 0.4) is 0 Å². The molecule has 0 saturated carbocycles. The predicted molar refractivity (Wildman–Crippen MR) is 149 cm³/mol. The fraction of sp³-hybridized carbons (Fsp3) is 0.300. The molecule has 9 nitrogen and oxygen atoms in total. The molecular weight excluding hydrogens is 494 g/mol. The Hall–Kier alpha value is -4.53. The van der Waals surface area contributed by atoms with E-state index in [2.05, 4.69) is 10.1 Å². The molecule has 5 rings (SSSR count). The number of hydrogen-bond donors (Lipinski definition) is 2. The summed E-state index contributed by atoms with van der Waals surface area (Å²) in [7, 11) is 1.60. The number of carbonyl (C=O) groups is 2. The van der Waals surface area contributed by atoms with Crippen molar-refractivity contribution >= 4 is 17.5 Å². The number of hydrogen-bond acceptors (Lipinski definition) is 5. The molecule has 1 saturated heterocycles. The van der Waals surface area contributed by atoms with Gasteiger partial charge in [0, 0.05) is 24.2 Å². The molecule has 39 heavy (non-hydrogen) atoms. The van der Waals surface area contributed by atoms with Gasteiger partial charge in [-0.15, -0.1) is 0 Å². The Labute approximate surface area is 227 Å². The Bertz CT molecular complexity index is 1510. The van der Waals surface area contributed by atoms with E-state index in [0.717, 1.165) is 29.6 Å². The summed E-state index contributed by atoms with van der Waals surface area (Å²) in [5.41, 5.74) is 9.26. The van der Waals surface area contributed by atoms with E-state index in [4.69, 9.17) is 15.2 Å². The molecule has 1 aliphatic rings. The maximum atomic E-state index is 12.7. The average Bonchev–Trinajstić information content (AvgIpc) is 3.53. The Kier molecular flexibility index (Phi) is 7.40. The first-order valence-corrected chi connectivity index (χ1v) is 13.1. The highest BCUT2D eigenvalue weighted by molar-refractivity contribution is 5.98. The number of likely N-dealkylation sites (tertiary alicyclic amines) is 1. The highest BCUT2D eigenvalue weighted by Gasteiger charge is 2.29. The van der Waals surface area contributed by atoms with Gasteiger partial charge in [0.15, 0.2) is 17.2 Å². The molecular formula is C30H33N5O4. The first-order chi connectivity index (χ1) is 18.9. The second kappa shape index (κ2) is 11.1. The smallest absolute Gasteiger partial charge is 0.269 e. The number of piperidine rings is 1. The number of para-hydroxylation sites is 2. The predicted octanol–water partition coefficient (Wildman–Crippen LogP) is 5.15. The second-order valence-corrected chi connectivity index (χ2v) is 9.76. The minimum absolute atomic E-state index is 0.120. The van der Waals surface area contributed by atoms with Crippen molar-refractivity contribution in [3.05, 3.63) is 78.1 Å². The van der Waals surface area contributed by atoms with Crippen LogP contribution in [0.25, 0.3) is 16.9 Å². The van der Waals surface area contributed by atoms with Gasteiger partial charge in [-0.1, -0.05) is 31.2 Å². The molecule has 1 aliphatic heterocycles. The lowest BCUT2D eigenvalue weighted by Crippen LogP contribution is -2.40. The molecule has 1 unspecified atom stereocenters. The van der Waals surface area contributed by atoms with Crippen LogP contribution in [0.1, 0.15) is 48.7 Å². The molecule has 0 radical (unpaired) electrons. The van der Waals surface area contributed by atoms with Gasteiger partial charge in [-0.05, 0) is 62.1 Å². The van der Waals surface area contributed by atoms with Gasteiger partial charge in [-0.2, -0.15) is 5.10 Å². The second-order valence-electron chi connectivity index (χ2n) is 9.76. The minimum Gasteiger partial charge on any atom is -0.493 e. The zero-order valence-corrected chi connectivity index (χ0v) is 22.4. The summed E-state index contributed by atoms with van der Waals surface area (Å²) in [4.78, 5) is 30.6. The highest BCUT2D eigenvalue weighted by Crippen LogP contribution is 2.35. The SMILES string of the molecule is C/C=C/C(C)C(=O)N1CCC(c2cnn3c(C(N)=O)c(-c4ccc(Oc5ccccc5OC)cc4)[nH]c23)CC1. The topological polar surface area (TPSA) is 115 Å². The number of nitrogens with one attached hydrogen (secondary N) is 1. The van der Waals surface area contributed by atoms with Crippen LogP contribution in [-0.2, 0) is 4.79 Å². The van der Waals surface area contributed by atoms with Crippen molar-refractivity contribution in [2.45, 2.75) is 32.6 Å². The van der Waals surface area contributed by atoms with Crippen LogP contribution in [0, 0.1) is 5.92 Å². The number of nitrogens with two attached hydrogens (primary N) is 1. The normalized spacial score (nSPS) is 15.1. The first kappa shape index (κ1) is 26.1. The van der Waals surface area contributed by atoms with Crippen LogP contribution in [0.2, 0.25) is 0 Å². The van der Waals surface area contributed by atoms with Crippen LogP contribution < -0.4 is 15.2 Å². The summed E-state index contributed by atoms with van der Waals surface area (Å²) in [6.07, 6.45) is 7.30. The molecule has 3 N–H and O–H groups in total. The maximum absolute atomic E-state index is 12.7. The standard InChI is InChI=1S/C30H33N5O4/c1-4-7-19(2)30(37)34-16-14-20(15-17-34)23-18-32-35-27(28(31)36)26(33-29(23)35)21-10-12-22(13-11-21)39-25-9-6-5-8-24(25)38-3/h4-13,18-20,33H,14-17H2,1-3H3,(H2,31,36)/b7-4+. The molecule has 2 amide bonds. The van der Waals surface area contributed by atoms with Crippen LogP contribution in [0.15, 0.2) is 66.9 Å². The van der Waals surface area contributed by atoms with Crippen molar-refractivity contribution in [1.29, 1.82) is 0 Å². The van der Waals surface area contributed by atoms with E-state index in [1.165, 1.54) is 0 Å². The maximum Gasteiger partial charge on any atom is 0.269 e. The number of benzene rings is 2. The number of nitrogens with zero attached hydrogens (tertiary/aromatic N) is 3. The number of H-pyrrole nitrogens is 1. The van der Waals surface area contributed by atoms with Crippen LogP contribution in [-0.4, -0.2) is 51.5 Å². The summed E-state index contributed by atoms with van der Waals surface area (Å²) in [5, 5.41) is 4.52. The number of methoxy groups -OCH3 is 1. The lowest BCUT2D eigenvalue weighted by atomic mass is 9.90. The largest absolute Gasteiger partial charge is 0.493 e. The number of imidazole rings is 1. The van der Waals surface area contributed by atoms with E-state index < -0.39 is 5.91 Å². The molecule has 2 aromatic carbocycles. The number of primary amides is 1. The Balaban J connectivity index is 1.38. The fourth-order valence-corrected chi connectivity index (χ4v) is 5.26. The van der Waals surface area contributed by atoms with Gasteiger partial charge in [-0.25, -0.2) is 4.52 Å². The minimum atomic E-state index is -0.571. The molecule has 4 aromatic rings. The summed E-state index contributed by atoms with van der Waals surface area (Å²) < 4.78 is 12.9. The number of allylic oxidation sites excluding steroid dienone is 1. The van der Waals surface area contributed by atoms with Crippen LogP contribution in [0.5, 0.6) is 17.2 Å². The number of aromatic nitrogens is 3. The van der Waals surface area contributed by atoms with Crippen molar-refractivity contribution in [3.8, 4) is 28.5 Å². The van der Waals surface area contributed by atoms with Crippen molar-refractivity contribution < 1.29 is 19.1 Å². The summed E-state index contributed by atoms with van der Waals surface area (Å²) >= 11 is 0. The molecule has 9 heteroatoms. The third kappa shape index (κ3) is 5.12. The zero-order valence-electron chi connectivity index (χ0n) is 22.4. The molecule has 0 bridgehead atoms. The van der Waals surface area contributed by atoms with E-state index in [1.54, 1.807) is 17.8 Å².